The molecule has 2 aromatic carbocycles. The second-order valence-corrected chi connectivity index (χ2v) is 5.49. The Balaban J connectivity index is 1.98. The summed E-state index contributed by atoms with van der Waals surface area (Å²) in [6, 6.07) is 14.6. The predicted octanol–water partition coefficient (Wildman–Crippen LogP) is 4.20. The van der Waals surface area contributed by atoms with E-state index in [-0.39, 0.29) is 6.61 Å². The molecular weight excluding hydrogens is 260 g/mol. The Kier molecular flexibility index (Phi) is 5.82. The molecule has 1 N–H and O–H groups in total. The van der Waals surface area contributed by atoms with Crippen molar-refractivity contribution in [1.82, 2.24) is 0 Å². The van der Waals surface area contributed by atoms with Crippen LogP contribution in [0.3, 0.4) is 0 Å². The van der Waals surface area contributed by atoms with Gasteiger partial charge in [0.1, 0.15) is 12.4 Å². The highest BCUT2D eigenvalue weighted by molar-refractivity contribution is 5.34. The van der Waals surface area contributed by atoms with Crippen LogP contribution >= 0.6 is 0 Å². The summed E-state index contributed by atoms with van der Waals surface area (Å²) >= 11 is 0. The second kappa shape index (κ2) is 7.84. The molecule has 0 bridgehead atoms. The normalized spacial score (nSPS) is 10.6. The van der Waals surface area contributed by atoms with E-state index < -0.39 is 0 Å². The van der Waals surface area contributed by atoms with Crippen LogP contribution in [-0.2, 0) is 13.0 Å². The van der Waals surface area contributed by atoms with E-state index in [1.807, 2.05) is 12.1 Å². The molecule has 2 aromatic rings. The lowest BCUT2D eigenvalue weighted by molar-refractivity contribution is 0.284. The Bertz CT molecular complexity index is 555. The summed E-state index contributed by atoms with van der Waals surface area (Å²) in [5.74, 6) is 0.916. The van der Waals surface area contributed by atoms with Gasteiger partial charge in [0.25, 0.3) is 0 Å². The number of hydrogen-bond acceptors (Lipinski definition) is 2. The Morgan fingerprint density at radius 2 is 1.67 bits per heavy atom. The molecule has 2 heteroatoms. The number of ether oxygens (including phenoxy) is 1. The van der Waals surface area contributed by atoms with Gasteiger partial charge in [-0.3, -0.25) is 0 Å². The molecule has 21 heavy (non-hydrogen) atoms. The zero-order valence-corrected chi connectivity index (χ0v) is 12.9. The largest absolute Gasteiger partial charge is 0.489 e. The molecule has 0 saturated heterocycles. The standard InChI is InChI=1S/C19H24O2/c1-15-7-5-8-16(2)19(15)14-21-18-11-6-10-17(13-18)9-3-4-12-20/h5-8,10-11,13,20H,3-4,9,12,14H2,1-2H3. The third kappa shape index (κ3) is 4.61. The molecule has 112 valence electrons. The van der Waals surface area contributed by atoms with Gasteiger partial charge in [-0.15, -0.1) is 0 Å². The fraction of sp³-hybridized carbons (Fsp3) is 0.368. The van der Waals surface area contributed by atoms with Crippen molar-refractivity contribution < 1.29 is 9.84 Å². The minimum Gasteiger partial charge on any atom is -0.489 e. The van der Waals surface area contributed by atoms with Gasteiger partial charge in [-0.05, 0) is 67.5 Å². The molecule has 0 atom stereocenters. The molecule has 0 aliphatic rings. The van der Waals surface area contributed by atoms with E-state index in [9.17, 15) is 0 Å². The van der Waals surface area contributed by atoms with Crippen molar-refractivity contribution in [2.45, 2.75) is 39.7 Å². The molecule has 2 nitrogen and oxygen atoms in total. The van der Waals surface area contributed by atoms with Gasteiger partial charge in [0, 0.05) is 6.61 Å². The summed E-state index contributed by atoms with van der Waals surface area (Å²) in [6.45, 7) is 5.12. The van der Waals surface area contributed by atoms with Gasteiger partial charge < -0.3 is 9.84 Å². The number of benzene rings is 2. The first-order valence-corrected chi connectivity index (χ1v) is 7.58. The first-order valence-electron chi connectivity index (χ1n) is 7.58. The predicted molar refractivity (Wildman–Crippen MR) is 86.7 cm³/mol. The number of unbranched alkanes of at least 4 members (excludes halogenated alkanes) is 1. The maximum atomic E-state index is 8.84. The Morgan fingerprint density at radius 1 is 0.952 bits per heavy atom. The maximum absolute atomic E-state index is 8.84. The van der Waals surface area contributed by atoms with E-state index in [4.69, 9.17) is 9.84 Å². The van der Waals surface area contributed by atoms with Gasteiger partial charge in [0.2, 0.25) is 0 Å². The minimum atomic E-state index is 0.267. The lowest BCUT2D eigenvalue weighted by Crippen LogP contribution is -2.01. The highest BCUT2D eigenvalue weighted by Crippen LogP contribution is 2.19. The third-order valence-corrected chi connectivity index (χ3v) is 3.80. The number of aliphatic hydroxyl groups excluding tert-OH is 1. The number of aryl methyl sites for hydroxylation is 3. The summed E-state index contributed by atoms with van der Waals surface area (Å²) < 4.78 is 5.95. The fourth-order valence-electron chi connectivity index (χ4n) is 2.46. The van der Waals surface area contributed by atoms with Crippen LogP contribution in [0, 0.1) is 13.8 Å². The van der Waals surface area contributed by atoms with E-state index in [1.165, 1.54) is 22.3 Å². The van der Waals surface area contributed by atoms with Gasteiger partial charge >= 0.3 is 0 Å². The van der Waals surface area contributed by atoms with Crippen molar-refractivity contribution in [2.24, 2.45) is 0 Å². The molecule has 0 aromatic heterocycles. The molecule has 2 rings (SSSR count). The van der Waals surface area contributed by atoms with Gasteiger partial charge in [-0.1, -0.05) is 30.3 Å². The summed E-state index contributed by atoms with van der Waals surface area (Å²) in [6.07, 6.45) is 2.85. The van der Waals surface area contributed by atoms with E-state index in [1.54, 1.807) is 0 Å². The quantitative estimate of drug-likeness (QED) is 0.772. The lowest BCUT2D eigenvalue weighted by atomic mass is 10.0. The van der Waals surface area contributed by atoms with E-state index in [0.29, 0.717) is 6.61 Å². The molecule has 0 aliphatic carbocycles. The maximum Gasteiger partial charge on any atom is 0.120 e. The molecule has 0 radical (unpaired) electrons. The molecule has 0 unspecified atom stereocenters. The average Bonchev–Trinajstić information content (AvgIpc) is 2.47. The molecule has 0 amide bonds. The first kappa shape index (κ1) is 15.6. The van der Waals surface area contributed by atoms with Crippen molar-refractivity contribution in [1.29, 1.82) is 0 Å². The van der Waals surface area contributed by atoms with E-state index in [2.05, 4.69) is 44.2 Å². The summed E-state index contributed by atoms with van der Waals surface area (Å²) in [7, 11) is 0. The van der Waals surface area contributed by atoms with E-state index >= 15 is 0 Å². The van der Waals surface area contributed by atoms with Crippen LogP contribution in [0.5, 0.6) is 5.75 Å². The number of aliphatic hydroxyl groups is 1. The summed E-state index contributed by atoms with van der Waals surface area (Å²) in [4.78, 5) is 0. The van der Waals surface area contributed by atoms with E-state index in [0.717, 1.165) is 25.0 Å². The highest BCUT2D eigenvalue weighted by Gasteiger charge is 2.04. The third-order valence-electron chi connectivity index (χ3n) is 3.80. The zero-order valence-electron chi connectivity index (χ0n) is 12.9. The minimum absolute atomic E-state index is 0.267. The molecule has 0 saturated carbocycles. The molecule has 0 heterocycles. The van der Waals surface area contributed by atoms with Crippen molar-refractivity contribution in [3.8, 4) is 5.75 Å². The van der Waals surface area contributed by atoms with Gasteiger partial charge in [-0.2, -0.15) is 0 Å². The van der Waals surface area contributed by atoms with Crippen LogP contribution in [0.4, 0.5) is 0 Å². The fourth-order valence-corrected chi connectivity index (χ4v) is 2.46. The van der Waals surface area contributed by atoms with Crippen molar-refractivity contribution in [2.75, 3.05) is 6.61 Å². The Morgan fingerprint density at radius 3 is 2.38 bits per heavy atom. The van der Waals surface area contributed by atoms with Gasteiger partial charge in [0.05, 0.1) is 0 Å². The first-order chi connectivity index (χ1) is 10.2. The van der Waals surface area contributed by atoms with Crippen LogP contribution in [-0.4, -0.2) is 11.7 Å². The molecule has 0 fully saturated rings. The lowest BCUT2D eigenvalue weighted by Gasteiger charge is -2.12. The second-order valence-electron chi connectivity index (χ2n) is 5.49. The number of hydrogen-bond donors (Lipinski definition) is 1. The van der Waals surface area contributed by atoms with Crippen LogP contribution < -0.4 is 4.74 Å². The van der Waals surface area contributed by atoms with Crippen molar-refractivity contribution >= 4 is 0 Å². The van der Waals surface area contributed by atoms with Crippen molar-refractivity contribution in [3.05, 3.63) is 64.7 Å². The Hall–Kier alpha value is -1.80. The molecule has 0 aliphatic heterocycles. The van der Waals surface area contributed by atoms with Gasteiger partial charge in [0.15, 0.2) is 0 Å². The van der Waals surface area contributed by atoms with Crippen LogP contribution in [0.2, 0.25) is 0 Å². The Labute approximate surface area is 127 Å². The topological polar surface area (TPSA) is 29.5 Å². The highest BCUT2D eigenvalue weighted by atomic mass is 16.5. The summed E-state index contributed by atoms with van der Waals surface area (Å²) in [5, 5.41) is 8.84. The van der Waals surface area contributed by atoms with Crippen LogP contribution in [0.15, 0.2) is 42.5 Å². The summed E-state index contributed by atoms with van der Waals surface area (Å²) in [5.41, 5.74) is 5.08. The van der Waals surface area contributed by atoms with Gasteiger partial charge in [-0.25, -0.2) is 0 Å². The molecular formula is C19H24O2. The van der Waals surface area contributed by atoms with Crippen LogP contribution in [0.1, 0.15) is 35.1 Å². The average molecular weight is 284 g/mol. The SMILES string of the molecule is Cc1cccc(C)c1COc1cccc(CCCCO)c1. The van der Waals surface area contributed by atoms with Crippen LogP contribution in [0.25, 0.3) is 0 Å². The smallest absolute Gasteiger partial charge is 0.120 e. The zero-order chi connectivity index (χ0) is 15.1. The number of rotatable bonds is 7. The van der Waals surface area contributed by atoms with Crippen molar-refractivity contribution in [3.63, 3.8) is 0 Å². The monoisotopic (exact) mass is 284 g/mol. The molecule has 0 spiro atoms.